The van der Waals surface area contributed by atoms with Crippen molar-refractivity contribution in [2.24, 2.45) is 0 Å². The minimum atomic E-state index is 0.928. The number of halogens is 2. The van der Waals surface area contributed by atoms with Crippen molar-refractivity contribution in [1.29, 1.82) is 0 Å². The number of ether oxygens (including phenoxy) is 1. The Morgan fingerprint density at radius 2 is 2.09 bits per heavy atom. The van der Waals surface area contributed by atoms with Crippen LogP contribution in [0.15, 0.2) is 16.6 Å². The first kappa shape index (κ1) is 9.32. The fourth-order valence-electron chi connectivity index (χ4n) is 0.843. The fourth-order valence-corrected chi connectivity index (χ4v) is 1.93. The maximum Gasteiger partial charge on any atom is 0.133 e. The molecule has 1 aromatic rings. The number of rotatable bonds is 1. The molecule has 0 spiro atoms. The van der Waals surface area contributed by atoms with E-state index < -0.39 is 0 Å². The lowest BCUT2D eigenvalue weighted by molar-refractivity contribution is 0.411. The molecule has 0 radical (unpaired) electrons. The molecular formula is C8H8BrIO. The highest BCUT2D eigenvalue weighted by Gasteiger charge is 2.03. The molecule has 0 amide bonds. The lowest BCUT2D eigenvalue weighted by atomic mass is 10.2. The molecule has 0 N–H and O–H groups in total. The topological polar surface area (TPSA) is 9.23 Å². The monoisotopic (exact) mass is 326 g/mol. The van der Waals surface area contributed by atoms with Crippen LogP contribution < -0.4 is 4.74 Å². The van der Waals surface area contributed by atoms with Crippen LogP contribution in [-0.4, -0.2) is 7.11 Å². The van der Waals surface area contributed by atoms with Crippen LogP contribution in [0.3, 0.4) is 0 Å². The Labute approximate surface area is 88.4 Å². The molecule has 0 aliphatic rings. The van der Waals surface area contributed by atoms with Gasteiger partial charge in [-0.1, -0.05) is 15.9 Å². The van der Waals surface area contributed by atoms with Crippen molar-refractivity contribution in [2.45, 2.75) is 6.92 Å². The number of benzene rings is 1. The normalized spacial score (nSPS) is 9.82. The van der Waals surface area contributed by atoms with E-state index >= 15 is 0 Å². The minimum Gasteiger partial charge on any atom is -0.496 e. The maximum atomic E-state index is 5.17. The quantitative estimate of drug-likeness (QED) is 0.719. The van der Waals surface area contributed by atoms with Gasteiger partial charge in [-0.2, -0.15) is 0 Å². The van der Waals surface area contributed by atoms with E-state index in [0.29, 0.717) is 0 Å². The predicted molar refractivity (Wildman–Crippen MR) is 58.1 cm³/mol. The van der Waals surface area contributed by atoms with Crippen molar-refractivity contribution in [3.05, 3.63) is 25.7 Å². The number of hydrogen-bond donors (Lipinski definition) is 0. The van der Waals surface area contributed by atoms with Crippen LogP contribution in [0.1, 0.15) is 5.56 Å². The molecule has 1 rings (SSSR count). The molecule has 1 aromatic carbocycles. The summed E-state index contributed by atoms with van der Waals surface area (Å²) < 4.78 is 7.41. The third-order valence-corrected chi connectivity index (χ3v) is 3.25. The largest absolute Gasteiger partial charge is 0.496 e. The summed E-state index contributed by atoms with van der Waals surface area (Å²) in [6, 6.07) is 4.04. The third-order valence-electron chi connectivity index (χ3n) is 1.41. The lowest BCUT2D eigenvalue weighted by Gasteiger charge is -2.05. The van der Waals surface area contributed by atoms with E-state index in [-0.39, 0.29) is 0 Å². The average molecular weight is 327 g/mol. The van der Waals surface area contributed by atoms with Crippen molar-refractivity contribution >= 4 is 38.5 Å². The predicted octanol–water partition coefficient (Wildman–Crippen LogP) is 3.37. The first-order valence-corrected chi connectivity index (χ1v) is 5.02. The van der Waals surface area contributed by atoms with Crippen LogP contribution in [0.25, 0.3) is 0 Å². The van der Waals surface area contributed by atoms with Gasteiger partial charge in [0.15, 0.2) is 0 Å². The van der Waals surface area contributed by atoms with E-state index in [9.17, 15) is 0 Å². The second kappa shape index (κ2) is 3.76. The second-order valence-corrected chi connectivity index (χ2v) is 4.23. The Morgan fingerprint density at radius 1 is 1.45 bits per heavy atom. The second-order valence-electron chi connectivity index (χ2n) is 2.24. The third kappa shape index (κ3) is 2.08. The summed E-state index contributed by atoms with van der Waals surface area (Å²) in [5, 5.41) is 0. The van der Waals surface area contributed by atoms with Gasteiger partial charge in [0, 0.05) is 4.47 Å². The van der Waals surface area contributed by atoms with Crippen molar-refractivity contribution in [3.63, 3.8) is 0 Å². The Hall–Kier alpha value is 0.230. The summed E-state index contributed by atoms with van der Waals surface area (Å²) in [5.74, 6) is 0.928. The van der Waals surface area contributed by atoms with Crippen molar-refractivity contribution < 1.29 is 4.74 Å². The van der Waals surface area contributed by atoms with E-state index in [0.717, 1.165) is 10.2 Å². The molecule has 0 bridgehead atoms. The van der Waals surface area contributed by atoms with Crippen LogP contribution in [-0.2, 0) is 0 Å². The van der Waals surface area contributed by atoms with Gasteiger partial charge in [0.1, 0.15) is 5.75 Å². The summed E-state index contributed by atoms with van der Waals surface area (Å²) >= 11 is 5.68. The van der Waals surface area contributed by atoms with Gasteiger partial charge in [0.05, 0.1) is 10.7 Å². The van der Waals surface area contributed by atoms with E-state index in [2.05, 4.69) is 51.5 Å². The van der Waals surface area contributed by atoms with Crippen LogP contribution >= 0.6 is 38.5 Å². The first-order valence-electron chi connectivity index (χ1n) is 3.15. The molecule has 3 heteroatoms. The maximum absolute atomic E-state index is 5.17. The van der Waals surface area contributed by atoms with Crippen LogP contribution in [0.5, 0.6) is 5.75 Å². The molecule has 60 valence electrons. The molecule has 0 unspecified atom stereocenters. The summed E-state index contributed by atoms with van der Waals surface area (Å²) in [6.45, 7) is 2.06. The van der Waals surface area contributed by atoms with Crippen LogP contribution in [0.4, 0.5) is 0 Å². The Bertz CT molecular complexity index is 273. The van der Waals surface area contributed by atoms with Crippen molar-refractivity contribution in [3.8, 4) is 5.75 Å². The molecular weight excluding hydrogens is 319 g/mol. The zero-order valence-electron chi connectivity index (χ0n) is 6.32. The van der Waals surface area contributed by atoms with Gasteiger partial charge in [-0.25, -0.2) is 0 Å². The van der Waals surface area contributed by atoms with Gasteiger partial charge in [0.2, 0.25) is 0 Å². The smallest absolute Gasteiger partial charge is 0.133 e. The summed E-state index contributed by atoms with van der Waals surface area (Å²) in [7, 11) is 1.68. The zero-order chi connectivity index (χ0) is 8.43. The molecule has 0 heterocycles. The number of hydrogen-bond acceptors (Lipinski definition) is 1. The highest BCUT2D eigenvalue weighted by molar-refractivity contribution is 14.1. The SMILES string of the molecule is COc1cc(Br)cc(C)c1I. The van der Waals surface area contributed by atoms with E-state index in [1.165, 1.54) is 9.13 Å². The van der Waals surface area contributed by atoms with Crippen molar-refractivity contribution in [2.75, 3.05) is 7.11 Å². The Morgan fingerprint density at radius 3 is 2.64 bits per heavy atom. The highest BCUT2D eigenvalue weighted by atomic mass is 127. The molecule has 0 aliphatic carbocycles. The molecule has 0 saturated heterocycles. The Balaban J connectivity index is 3.24. The average Bonchev–Trinajstić information content (AvgIpc) is 1.96. The first-order chi connectivity index (χ1) is 5.15. The van der Waals surface area contributed by atoms with Crippen LogP contribution in [0, 0.1) is 10.5 Å². The summed E-state index contributed by atoms with van der Waals surface area (Å²) in [6.07, 6.45) is 0. The minimum absolute atomic E-state index is 0.928. The van der Waals surface area contributed by atoms with E-state index in [4.69, 9.17) is 4.74 Å². The molecule has 0 aliphatic heterocycles. The van der Waals surface area contributed by atoms with Crippen molar-refractivity contribution in [1.82, 2.24) is 0 Å². The lowest BCUT2D eigenvalue weighted by Crippen LogP contribution is -1.89. The molecule has 0 saturated carbocycles. The number of methoxy groups -OCH3 is 1. The summed E-state index contributed by atoms with van der Waals surface area (Å²) in [4.78, 5) is 0. The van der Waals surface area contributed by atoms with Gasteiger partial charge >= 0.3 is 0 Å². The molecule has 0 atom stereocenters. The fraction of sp³-hybridized carbons (Fsp3) is 0.250. The van der Waals surface area contributed by atoms with Gasteiger partial charge in [-0.05, 0) is 47.2 Å². The zero-order valence-corrected chi connectivity index (χ0v) is 10.1. The van der Waals surface area contributed by atoms with Gasteiger partial charge in [0.25, 0.3) is 0 Å². The van der Waals surface area contributed by atoms with Gasteiger partial charge < -0.3 is 4.74 Å². The molecule has 0 aromatic heterocycles. The molecule has 11 heavy (non-hydrogen) atoms. The number of aryl methyl sites for hydroxylation is 1. The van der Waals surface area contributed by atoms with E-state index in [1.807, 2.05) is 6.07 Å². The van der Waals surface area contributed by atoms with Gasteiger partial charge in [-0.3, -0.25) is 0 Å². The standard InChI is InChI=1S/C8H8BrIO/c1-5-3-6(9)4-7(11-2)8(5)10/h3-4H,1-2H3. The summed E-state index contributed by atoms with van der Waals surface area (Å²) in [5.41, 5.74) is 1.23. The van der Waals surface area contributed by atoms with E-state index in [1.54, 1.807) is 7.11 Å². The van der Waals surface area contributed by atoms with Crippen LogP contribution in [0.2, 0.25) is 0 Å². The molecule has 1 nitrogen and oxygen atoms in total. The molecule has 0 fully saturated rings. The van der Waals surface area contributed by atoms with Gasteiger partial charge in [-0.15, -0.1) is 0 Å². The highest BCUT2D eigenvalue weighted by Crippen LogP contribution is 2.28. The Kier molecular flexibility index (Phi) is 3.18.